The topological polar surface area (TPSA) is 65.8 Å². The standard InChI is InChI=1S/C14H11N3O/c1-10-2-4-12(5-3-10)17-14(18)11-6-7-16-13(8-11)9-15/h2-8H,1H3,(H,17,18). The van der Waals surface area contributed by atoms with Gasteiger partial charge in [-0.3, -0.25) is 4.79 Å². The Morgan fingerprint density at radius 3 is 2.67 bits per heavy atom. The number of rotatable bonds is 2. The highest BCUT2D eigenvalue weighted by molar-refractivity contribution is 6.04. The first kappa shape index (κ1) is 11.8. The van der Waals surface area contributed by atoms with Gasteiger partial charge in [0.25, 0.3) is 5.91 Å². The van der Waals surface area contributed by atoms with Gasteiger partial charge in [-0.1, -0.05) is 17.7 Å². The van der Waals surface area contributed by atoms with Crippen molar-refractivity contribution < 1.29 is 4.79 Å². The van der Waals surface area contributed by atoms with Gasteiger partial charge < -0.3 is 5.32 Å². The van der Waals surface area contributed by atoms with E-state index in [1.165, 1.54) is 12.3 Å². The van der Waals surface area contributed by atoms with E-state index in [0.717, 1.165) is 11.3 Å². The van der Waals surface area contributed by atoms with Crippen molar-refractivity contribution in [3.8, 4) is 6.07 Å². The zero-order chi connectivity index (χ0) is 13.0. The molecule has 0 saturated carbocycles. The van der Waals surface area contributed by atoms with Crippen molar-refractivity contribution in [3.63, 3.8) is 0 Å². The smallest absolute Gasteiger partial charge is 0.255 e. The minimum atomic E-state index is -0.252. The number of amides is 1. The third-order valence-electron chi connectivity index (χ3n) is 2.45. The number of nitrogens with one attached hydrogen (secondary N) is 1. The molecule has 0 aliphatic rings. The molecule has 4 heteroatoms. The molecule has 1 heterocycles. The maximum absolute atomic E-state index is 11.9. The molecule has 0 saturated heterocycles. The van der Waals surface area contributed by atoms with Crippen LogP contribution in [0.3, 0.4) is 0 Å². The SMILES string of the molecule is Cc1ccc(NC(=O)c2ccnc(C#N)c2)cc1. The van der Waals surface area contributed by atoms with Gasteiger partial charge in [0, 0.05) is 17.4 Å². The summed E-state index contributed by atoms with van der Waals surface area (Å²) in [5.41, 5.74) is 2.50. The van der Waals surface area contributed by atoms with Gasteiger partial charge in [-0.05, 0) is 31.2 Å². The highest BCUT2D eigenvalue weighted by Gasteiger charge is 2.06. The van der Waals surface area contributed by atoms with Crippen LogP contribution in [0.4, 0.5) is 5.69 Å². The van der Waals surface area contributed by atoms with E-state index in [9.17, 15) is 4.79 Å². The fourth-order valence-electron chi connectivity index (χ4n) is 1.47. The molecule has 0 aliphatic carbocycles. The Labute approximate surface area is 105 Å². The van der Waals surface area contributed by atoms with Crippen LogP contribution in [0.1, 0.15) is 21.6 Å². The first-order chi connectivity index (χ1) is 8.69. The van der Waals surface area contributed by atoms with Crippen molar-refractivity contribution in [1.29, 1.82) is 5.26 Å². The Kier molecular flexibility index (Phi) is 3.35. The van der Waals surface area contributed by atoms with Crippen LogP contribution < -0.4 is 5.32 Å². The number of carbonyl (C=O) groups excluding carboxylic acids is 1. The molecule has 0 spiro atoms. The Balaban J connectivity index is 2.17. The van der Waals surface area contributed by atoms with Crippen LogP contribution in [0.15, 0.2) is 42.6 Å². The average Bonchev–Trinajstić information content (AvgIpc) is 2.41. The molecule has 0 radical (unpaired) electrons. The Hall–Kier alpha value is -2.67. The summed E-state index contributed by atoms with van der Waals surface area (Å²) < 4.78 is 0. The van der Waals surface area contributed by atoms with Crippen LogP contribution in [-0.4, -0.2) is 10.9 Å². The highest BCUT2D eigenvalue weighted by Crippen LogP contribution is 2.11. The molecule has 0 fully saturated rings. The normalized spacial score (nSPS) is 9.56. The van der Waals surface area contributed by atoms with Crippen LogP contribution in [0, 0.1) is 18.3 Å². The number of hydrogen-bond donors (Lipinski definition) is 1. The molecule has 0 aliphatic heterocycles. The molecule has 1 amide bonds. The lowest BCUT2D eigenvalue weighted by atomic mass is 10.2. The number of nitriles is 1. The summed E-state index contributed by atoms with van der Waals surface area (Å²) in [5, 5.41) is 11.5. The maximum Gasteiger partial charge on any atom is 0.255 e. The van der Waals surface area contributed by atoms with Crippen LogP contribution in [-0.2, 0) is 0 Å². The van der Waals surface area contributed by atoms with Crippen LogP contribution in [0.5, 0.6) is 0 Å². The van der Waals surface area contributed by atoms with Gasteiger partial charge in [0.1, 0.15) is 11.8 Å². The fourth-order valence-corrected chi connectivity index (χ4v) is 1.47. The quantitative estimate of drug-likeness (QED) is 0.872. The Morgan fingerprint density at radius 2 is 2.00 bits per heavy atom. The molecule has 0 unspecified atom stereocenters. The van der Waals surface area contributed by atoms with E-state index in [1.807, 2.05) is 37.3 Å². The monoisotopic (exact) mass is 237 g/mol. The molecule has 1 aromatic heterocycles. The van der Waals surface area contributed by atoms with Crippen molar-refractivity contribution in [2.75, 3.05) is 5.32 Å². The van der Waals surface area contributed by atoms with E-state index in [0.29, 0.717) is 5.56 Å². The van der Waals surface area contributed by atoms with Crippen molar-refractivity contribution in [1.82, 2.24) is 4.98 Å². The van der Waals surface area contributed by atoms with Gasteiger partial charge in [0.15, 0.2) is 0 Å². The minimum Gasteiger partial charge on any atom is -0.322 e. The molecule has 1 N–H and O–H groups in total. The first-order valence-corrected chi connectivity index (χ1v) is 5.43. The van der Waals surface area contributed by atoms with Gasteiger partial charge in [0.2, 0.25) is 0 Å². The van der Waals surface area contributed by atoms with Crippen molar-refractivity contribution in [2.45, 2.75) is 6.92 Å². The fraction of sp³-hybridized carbons (Fsp3) is 0.0714. The summed E-state index contributed by atoms with van der Waals surface area (Å²) in [5.74, 6) is -0.252. The lowest BCUT2D eigenvalue weighted by Gasteiger charge is -2.05. The molecular weight excluding hydrogens is 226 g/mol. The molecule has 0 atom stereocenters. The van der Waals surface area contributed by atoms with E-state index in [4.69, 9.17) is 5.26 Å². The molecule has 88 valence electrons. The second-order valence-corrected chi connectivity index (χ2v) is 3.86. The summed E-state index contributed by atoms with van der Waals surface area (Å²) in [7, 11) is 0. The molecule has 18 heavy (non-hydrogen) atoms. The molecule has 2 rings (SSSR count). The summed E-state index contributed by atoms with van der Waals surface area (Å²) in [4.78, 5) is 15.7. The van der Waals surface area contributed by atoms with E-state index in [1.54, 1.807) is 6.07 Å². The predicted octanol–water partition coefficient (Wildman–Crippen LogP) is 2.51. The summed E-state index contributed by atoms with van der Waals surface area (Å²) in [6.45, 7) is 1.98. The van der Waals surface area contributed by atoms with E-state index in [-0.39, 0.29) is 11.6 Å². The first-order valence-electron chi connectivity index (χ1n) is 5.43. The van der Waals surface area contributed by atoms with Crippen molar-refractivity contribution in [2.24, 2.45) is 0 Å². The predicted molar refractivity (Wildman–Crippen MR) is 68.1 cm³/mol. The molecule has 0 bridgehead atoms. The number of nitrogens with zero attached hydrogens (tertiary/aromatic N) is 2. The number of pyridine rings is 1. The molecular formula is C14H11N3O. The van der Waals surface area contributed by atoms with E-state index >= 15 is 0 Å². The summed E-state index contributed by atoms with van der Waals surface area (Å²) in [6.07, 6.45) is 1.45. The van der Waals surface area contributed by atoms with Gasteiger partial charge in [-0.2, -0.15) is 5.26 Å². The third-order valence-corrected chi connectivity index (χ3v) is 2.45. The third kappa shape index (κ3) is 2.71. The van der Waals surface area contributed by atoms with Gasteiger partial charge in [-0.25, -0.2) is 4.98 Å². The minimum absolute atomic E-state index is 0.228. The number of aromatic nitrogens is 1. The van der Waals surface area contributed by atoms with Gasteiger partial charge in [0.05, 0.1) is 0 Å². The largest absolute Gasteiger partial charge is 0.322 e. The van der Waals surface area contributed by atoms with Crippen LogP contribution in [0.2, 0.25) is 0 Å². The zero-order valence-electron chi connectivity index (χ0n) is 9.84. The highest BCUT2D eigenvalue weighted by atomic mass is 16.1. The zero-order valence-corrected chi connectivity index (χ0v) is 9.84. The summed E-state index contributed by atoms with van der Waals surface area (Å²) in [6, 6.07) is 12.4. The second-order valence-electron chi connectivity index (χ2n) is 3.86. The van der Waals surface area contributed by atoms with Crippen molar-refractivity contribution >= 4 is 11.6 Å². The van der Waals surface area contributed by atoms with Crippen LogP contribution in [0.25, 0.3) is 0 Å². The lowest BCUT2D eigenvalue weighted by molar-refractivity contribution is 0.102. The number of aryl methyl sites for hydroxylation is 1. The van der Waals surface area contributed by atoms with Gasteiger partial charge in [-0.15, -0.1) is 0 Å². The number of carbonyl (C=O) groups is 1. The Bertz CT molecular complexity index is 612. The van der Waals surface area contributed by atoms with E-state index in [2.05, 4.69) is 10.3 Å². The molecule has 4 nitrogen and oxygen atoms in total. The molecule has 2 aromatic rings. The number of anilines is 1. The maximum atomic E-state index is 11.9. The van der Waals surface area contributed by atoms with Gasteiger partial charge >= 0.3 is 0 Å². The van der Waals surface area contributed by atoms with E-state index < -0.39 is 0 Å². The average molecular weight is 237 g/mol. The van der Waals surface area contributed by atoms with Crippen LogP contribution >= 0.6 is 0 Å². The number of benzene rings is 1. The molecule has 1 aromatic carbocycles. The number of hydrogen-bond acceptors (Lipinski definition) is 3. The summed E-state index contributed by atoms with van der Waals surface area (Å²) >= 11 is 0. The second kappa shape index (κ2) is 5.11. The Morgan fingerprint density at radius 1 is 1.28 bits per heavy atom. The lowest BCUT2D eigenvalue weighted by Crippen LogP contribution is -2.12. The van der Waals surface area contributed by atoms with Crippen molar-refractivity contribution in [3.05, 3.63) is 59.4 Å².